The van der Waals surface area contributed by atoms with Gasteiger partial charge in [0.25, 0.3) is 0 Å². The topological polar surface area (TPSA) is 102 Å². The number of hydrogen-bond donors (Lipinski definition) is 5. The molecule has 0 amide bonds. The van der Waals surface area contributed by atoms with Gasteiger partial charge in [0.2, 0.25) is 0 Å². The number of nitrogens with one attached hydrogen (secondary N) is 1. The molecule has 6 heteroatoms. The Morgan fingerprint density at radius 3 is 2.32 bits per heavy atom. The van der Waals surface area contributed by atoms with Gasteiger partial charge in [-0.15, -0.1) is 0 Å². The van der Waals surface area contributed by atoms with Crippen molar-refractivity contribution in [2.24, 2.45) is 0 Å². The van der Waals surface area contributed by atoms with Crippen molar-refractivity contribution in [3.63, 3.8) is 0 Å². The predicted molar refractivity (Wildman–Crippen MR) is 67.0 cm³/mol. The average molecular weight is 269 g/mol. The molecule has 1 fully saturated rings. The van der Waals surface area contributed by atoms with Gasteiger partial charge in [-0.2, -0.15) is 0 Å². The Balaban J connectivity index is 1.95. The fourth-order valence-corrected chi connectivity index (χ4v) is 2.08. The number of rotatable bonds is 4. The van der Waals surface area contributed by atoms with E-state index in [2.05, 4.69) is 5.32 Å². The minimum atomic E-state index is -1.35. The highest BCUT2D eigenvalue weighted by Gasteiger charge is 2.43. The Labute approximate surface area is 111 Å². The monoisotopic (exact) mass is 269 g/mol. The maximum absolute atomic E-state index is 9.82. The number of benzene rings is 1. The van der Waals surface area contributed by atoms with Gasteiger partial charge in [-0.1, -0.05) is 30.3 Å². The van der Waals surface area contributed by atoms with Crippen LogP contribution in [0.2, 0.25) is 0 Å². The average Bonchev–Trinajstić information content (AvgIpc) is 2.45. The lowest BCUT2D eigenvalue weighted by molar-refractivity contribution is -0.236. The Morgan fingerprint density at radius 1 is 1.00 bits per heavy atom. The van der Waals surface area contributed by atoms with Crippen molar-refractivity contribution in [3.05, 3.63) is 35.9 Å². The largest absolute Gasteiger partial charge is 0.394 e. The number of aliphatic hydroxyl groups excluding tert-OH is 4. The van der Waals surface area contributed by atoms with E-state index in [9.17, 15) is 15.3 Å². The molecular formula is C13H19NO5. The number of ether oxygens (including phenoxy) is 1. The summed E-state index contributed by atoms with van der Waals surface area (Å²) < 4.78 is 5.33. The molecule has 19 heavy (non-hydrogen) atoms. The normalized spacial score (nSPS) is 35.3. The van der Waals surface area contributed by atoms with E-state index in [1.807, 2.05) is 30.3 Å². The summed E-state index contributed by atoms with van der Waals surface area (Å²) in [5, 5.41) is 41.1. The zero-order valence-corrected chi connectivity index (χ0v) is 10.4. The lowest BCUT2D eigenvalue weighted by atomic mass is 9.98. The summed E-state index contributed by atoms with van der Waals surface area (Å²) in [5.74, 6) is 0. The smallest absolute Gasteiger partial charge is 0.137 e. The Hall–Kier alpha value is -1.02. The van der Waals surface area contributed by atoms with Crippen LogP contribution in [0.25, 0.3) is 0 Å². The van der Waals surface area contributed by atoms with Gasteiger partial charge in [-0.25, -0.2) is 0 Å². The highest BCUT2D eigenvalue weighted by Crippen LogP contribution is 2.19. The van der Waals surface area contributed by atoms with E-state index in [4.69, 9.17) is 9.84 Å². The van der Waals surface area contributed by atoms with Gasteiger partial charge in [-0.3, -0.25) is 5.32 Å². The molecule has 1 aliphatic heterocycles. The minimum absolute atomic E-state index is 0.422. The predicted octanol–water partition coefficient (Wildman–Crippen LogP) is -1.42. The van der Waals surface area contributed by atoms with Crippen molar-refractivity contribution >= 4 is 0 Å². The fraction of sp³-hybridized carbons (Fsp3) is 0.538. The third-order valence-corrected chi connectivity index (χ3v) is 3.24. The highest BCUT2D eigenvalue weighted by molar-refractivity contribution is 5.14. The summed E-state index contributed by atoms with van der Waals surface area (Å²) in [4.78, 5) is 0. The second-order valence-corrected chi connectivity index (χ2v) is 4.62. The zero-order chi connectivity index (χ0) is 13.8. The van der Waals surface area contributed by atoms with Crippen LogP contribution < -0.4 is 5.32 Å². The molecule has 1 aromatic carbocycles. The maximum Gasteiger partial charge on any atom is 0.137 e. The van der Waals surface area contributed by atoms with Gasteiger partial charge in [0.15, 0.2) is 0 Å². The third-order valence-electron chi connectivity index (χ3n) is 3.24. The number of hydrogen-bond acceptors (Lipinski definition) is 6. The first-order chi connectivity index (χ1) is 9.13. The molecule has 5 N–H and O–H groups in total. The summed E-state index contributed by atoms with van der Waals surface area (Å²) in [7, 11) is 0. The first-order valence-electron chi connectivity index (χ1n) is 6.21. The molecular weight excluding hydrogens is 250 g/mol. The first kappa shape index (κ1) is 14.4. The summed E-state index contributed by atoms with van der Waals surface area (Å²) in [6, 6.07) is 9.51. The van der Waals surface area contributed by atoms with Crippen LogP contribution in [0.15, 0.2) is 30.3 Å². The third kappa shape index (κ3) is 3.30. The maximum atomic E-state index is 9.82. The molecule has 0 saturated carbocycles. The van der Waals surface area contributed by atoms with Crippen molar-refractivity contribution in [2.75, 3.05) is 6.61 Å². The van der Waals surface area contributed by atoms with Crippen LogP contribution in [0.3, 0.4) is 0 Å². The van der Waals surface area contributed by atoms with Crippen LogP contribution in [0.5, 0.6) is 0 Å². The molecule has 1 unspecified atom stereocenters. The minimum Gasteiger partial charge on any atom is -0.394 e. The molecule has 0 bridgehead atoms. The molecule has 0 radical (unpaired) electrons. The van der Waals surface area contributed by atoms with Crippen LogP contribution in [-0.4, -0.2) is 57.7 Å². The summed E-state index contributed by atoms with van der Waals surface area (Å²) in [6.07, 6.45) is -5.64. The van der Waals surface area contributed by atoms with E-state index in [0.717, 1.165) is 5.56 Å². The summed E-state index contributed by atoms with van der Waals surface area (Å²) >= 11 is 0. The molecule has 5 atom stereocenters. The molecule has 2 rings (SSSR count). The molecule has 6 nitrogen and oxygen atoms in total. The highest BCUT2D eigenvalue weighted by atomic mass is 16.6. The second kappa shape index (κ2) is 6.42. The standard InChI is InChI=1S/C13H19NO5/c15-7-9-10(16)11(17)12(18)13(19-9)14-6-8-4-2-1-3-5-8/h1-5,9-18H,6-7H2/t9-,10-,11+,12-,13?/m1/s1. The molecule has 0 aromatic heterocycles. The quantitative estimate of drug-likeness (QED) is 0.459. The molecule has 1 aromatic rings. The van der Waals surface area contributed by atoms with Crippen molar-refractivity contribution < 1.29 is 25.2 Å². The lowest BCUT2D eigenvalue weighted by Gasteiger charge is -2.40. The van der Waals surface area contributed by atoms with Crippen LogP contribution in [-0.2, 0) is 11.3 Å². The van der Waals surface area contributed by atoms with E-state index < -0.39 is 37.3 Å². The number of aliphatic hydroxyl groups is 4. The van der Waals surface area contributed by atoms with Crippen molar-refractivity contribution in [2.45, 2.75) is 37.2 Å². The molecule has 1 saturated heterocycles. The van der Waals surface area contributed by atoms with E-state index in [1.54, 1.807) is 0 Å². The van der Waals surface area contributed by atoms with Gasteiger partial charge in [0, 0.05) is 6.54 Å². The molecule has 106 valence electrons. The zero-order valence-electron chi connectivity index (χ0n) is 10.4. The lowest BCUT2D eigenvalue weighted by Crippen LogP contribution is -2.62. The van der Waals surface area contributed by atoms with Crippen molar-refractivity contribution in [1.82, 2.24) is 5.32 Å². The van der Waals surface area contributed by atoms with E-state index in [-0.39, 0.29) is 0 Å². The van der Waals surface area contributed by atoms with Gasteiger partial charge >= 0.3 is 0 Å². The molecule has 0 aliphatic carbocycles. The SMILES string of the molecule is OC[C@H]1OC(NCc2ccccc2)[C@H](O)[C@@H](O)[C@@H]1O. The van der Waals surface area contributed by atoms with Crippen LogP contribution in [0, 0.1) is 0 Å². The van der Waals surface area contributed by atoms with Crippen LogP contribution in [0.1, 0.15) is 5.56 Å². The van der Waals surface area contributed by atoms with Gasteiger partial charge < -0.3 is 25.2 Å². The van der Waals surface area contributed by atoms with E-state index in [1.165, 1.54) is 0 Å². The Bertz CT molecular complexity index is 386. The van der Waals surface area contributed by atoms with Gasteiger partial charge in [0.05, 0.1) is 6.61 Å². The van der Waals surface area contributed by atoms with Gasteiger partial charge in [0.1, 0.15) is 30.6 Å². The van der Waals surface area contributed by atoms with Crippen molar-refractivity contribution in [1.29, 1.82) is 0 Å². The Morgan fingerprint density at radius 2 is 1.68 bits per heavy atom. The summed E-state index contributed by atoms with van der Waals surface area (Å²) in [5.41, 5.74) is 1.000. The van der Waals surface area contributed by atoms with Crippen molar-refractivity contribution in [3.8, 4) is 0 Å². The second-order valence-electron chi connectivity index (χ2n) is 4.62. The molecule has 1 heterocycles. The van der Waals surface area contributed by atoms with Crippen LogP contribution in [0.4, 0.5) is 0 Å². The molecule has 0 spiro atoms. The fourth-order valence-electron chi connectivity index (χ4n) is 2.08. The van der Waals surface area contributed by atoms with Gasteiger partial charge in [-0.05, 0) is 5.56 Å². The Kier molecular flexibility index (Phi) is 4.87. The summed E-state index contributed by atoms with van der Waals surface area (Å²) in [6.45, 7) is 0.0258. The molecule has 1 aliphatic rings. The first-order valence-corrected chi connectivity index (χ1v) is 6.21. The van der Waals surface area contributed by atoms with E-state index in [0.29, 0.717) is 6.54 Å². The van der Waals surface area contributed by atoms with E-state index >= 15 is 0 Å². The van der Waals surface area contributed by atoms with Crippen LogP contribution >= 0.6 is 0 Å².